The number of benzene rings is 1. The van der Waals surface area contributed by atoms with Crippen molar-refractivity contribution in [1.29, 1.82) is 0 Å². The molecule has 20 heavy (non-hydrogen) atoms. The van der Waals surface area contributed by atoms with E-state index in [4.69, 9.17) is 4.74 Å². The Kier molecular flexibility index (Phi) is 4.33. The monoisotopic (exact) mass is 277 g/mol. The minimum Gasteiger partial charge on any atom is -0.497 e. The Balaban J connectivity index is 2.30. The Morgan fingerprint density at radius 2 is 2.00 bits per heavy atom. The Morgan fingerprint density at radius 1 is 1.35 bits per heavy atom. The van der Waals surface area contributed by atoms with E-state index in [1.165, 1.54) is 0 Å². The first-order chi connectivity index (χ1) is 9.49. The second-order valence-electron chi connectivity index (χ2n) is 5.75. The molecule has 1 aliphatic heterocycles. The molecular formula is C16H23NO3. The van der Waals surface area contributed by atoms with Crippen LogP contribution in [0.4, 0.5) is 0 Å². The van der Waals surface area contributed by atoms with Gasteiger partial charge in [-0.25, -0.2) is 0 Å². The Bertz CT molecular complexity index is 476. The third-order valence-electron chi connectivity index (χ3n) is 4.41. The molecular weight excluding hydrogens is 254 g/mol. The highest BCUT2D eigenvalue weighted by molar-refractivity contribution is 5.81. The predicted molar refractivity (Wildman–Crippen MR) is 78.3 cm³/mol. The van der Waals surface area contributed by atoms with Crippen LogP contribution in [0.5, 0.6) is 5.75 Å². The Hall–Kier alpha value is -1.55. The van der Waals surface area contributed by atoms with E-state index in [-0.39, 0.29) is 0 Å². The van der Waals surface area contributed by atoms with Crippen LogP contribution in [-0.2, 0) is 10.2 Å². The van der Waals surface area contributed by atoms with Gasteiger partial charge in [-0.1, -0.05) is 12.1 Å². The van der Waals surface area contributed by atoms with Gasteiger partial charge in [-0.3, -0.25) is 4.79 Å². The first-order valence-corrected chi connectivity index (χ1v) is 7.11. The fourth-order valence-corrected chi connectivity index (χ4v) is 2.97. The highest BCUT2D eigenvalue weighted by Crippen LogP contribution is 2.37. The summed E-state index contributed by atoms with van der Waals surface area (Å²) in [6, 6.07) is 7.95. The molecule has 1 fully saturated rings. The van der Waals surface area contributed by atoms with Gasteiger partial charge in [0, 0.05) is 6.04 Å². The smallest absolute Gasteiger partial charge is 0.314 e. The summed E-state index contributed by atoms with van der Waals surface area (Å²) in [4.78, 5) is 14.2. The van der Waals surface area contributed by atoms with E-state index in [0.717, 1.165) is 24.4 Å². The van der Waals surface area contributed by atoms with Gasteiger partial charge in [0.15, 0.2) is 0 Å². The largest absolute Gasteiger partial charge is 0.497 e. The maximum atomic E-state index is 11.9. The summed E-state index contributed by atoms with van der Waals surface area (Å²) >= 11 is 0. The molecule has 0 aliphatic carbocycles. The molecule has 1 aliphatic rings. The van der Waals surface area contributed by atoms with E-state index in [2.05, 4.69) is 18.7 Å². The van der Waals surface area contributed by atoms with Crippen molar-refractivity contribution in [3.05, 3.63) is 29.8 Å². The van der Waals surface area contributed by atoms with Crippen molar-refractivity contribution in [3.63, 3.8) is 0 Å². The molecule has 0 spiro atoms. The second-order valence-corrected chi connectivity index (χ2v) is 5.75. The van der Waals surface area contributed by atoms with Crippen LogP contribution in [0, 0.1) is 0 Å². The van der Waals surface area contributed by atoms with Crippen LogP contribution in [0.1, 0.15) is 32.3 Å². The van der Waals surface area contributed by atoms with E-state index in [0.29, 0.717) is 18.9 Å². The van der Waals surface area contributed by atoms with Crippen LogP contribution < -0.4 is 4.74 Å². The number of methoxy groups -OCH3 is 1. The van der Waals surface area contributed by atoms with Crippen molar-refractivity contribution in [2.45, 2.75) is 38.1 Å². The molecule has 1 aromatic carbocycles. The maximum absolute atomic E-state index is 11.9. The molecule has 0 unspecified atom stereocenters. The number of likely N-dealkylation sites (tertiary alicyclic amines) is 1. The van der Waals surface area contributed by atoms with Crippen LogP contribution in [0.15, 0.2) is 24.3 Å². The quantitative estimate of drug-likeness (QED) is 0.918. The third kappa shape index (κ3) is 2.66. The van der Waals surface area contributed by atoms with E-state index >= 15 is 0 Å². The lowest BCUT2D eigenvalue weighted by molar-refractivity contribution is -0.146. The molecule has 4 nitrogen and oxygen atoms in total. The number of hydrogen-bond acceptors (Lipinski definition) is 3. The zero-order chi connectivity index (χ0) is 14.8. The van der Waals surface area contributed by atoms with E-state index in [1.807, 2.05) is 24.3 Å². The fraction of sp³-hybridized carbons (Fsp3) is 0.562. The van der Waals surface area contributed by atoms with E-state index in [9.17, 15) is 9.90 Å². The molecule has 1 aromatic rings. The summed E-state index contributed by atoms with van der Waals surface area (Å²) in [5.41, 5.74) is 0.0766. The van der Waals surface area contributed by atoms with Gasteiger partial charge >= 0.3 is 5.97 Å². The van der Waals surface area contributed by atoms with Gasteiger partial charge in [0.2, 0.25) is 0 Å². The molecule has 1 heterocycles. The summed E-state index contributed by atoms with van der Waals surface area (Å²) in [5.74, 6) is -0.0106. The van der Waals surface area contributed by atoms with Crippen LogP contribution >= 0.6 is 0 Å². The summed E-state index contributed by atoms with van der Waals surface area (Å²) in [5, 5.41) is 9.77. The number of ether oxygens (including phenoxy) is 1. The van der Waals surface area contributed by atoms with Gasteiger partial charge in [-0.05, 0) is 57.5 Å². The molecule has 0 aromatic heterocycles. The minimum atomic E-state index is -0.778. The number of rotatable bonds is 4. The zero-order valence-electron chi connectivity index (χ0n) is 12.4. The summed E-state index contributed by atoms with van der Waals surface area (Å²) in [6.45, 7) is 5.95. The number of piperidine rings is 1. The normalized spacial score (nSPS) is 19.0. The third-order valence-corrected chi connectivity index (χ3v) is 4.41. The van der Waals surface area contributed by atoms with Crippen LogP contribution in [0.25, 0.3) is 0 Å². The lowest BCUT2D eigenvalue weighted by Crippen LogP contribution is -2.49. The first-order valence-electron chi connectivity index (χ1n) is 7.11. The summed E-state index contributed by atoms with van der Waals surface area (Å²) in [6.07, 6.45) is 1.29. The van der Waals surface area contributed by atoms with Gasteiger partial charge in [0.25, 0.3) is 0 Å². The average molecular weight is 277 g/mol. The number of aliphatic carboxylic acids is 1. The number of nitrogens with zero attached hydrogens (tertiary/aromatic N) is 1. The van der Waals surface area contributed by atoms with Crippen LogP contribution in [-0.4, -0.2) is 42.2 Å². The Morgan fingerprint density at radius 3 is 2.50 bits per heavy atom. The van der Waals surface area contributed by atoms with E-state index < -0.39 is 11.4 Å². The van der Waals surface area contributed by atoms with Crippen molar-refractivity contribution < 1.29 is 14.6 Å². The number of hydrogen-bond donors (Lipinski definition) is 1. The lowest BCUT2D eigenvalue weighted by atomic mass is 9.72. The van der Waals surface area contributed by atoms with Gasteiger partial charge in [0.05, 0.1) is 12.5 Å². The van der Waals surface area contributed by atoms with Crippen molar-refractivity contribution in [1.82, 2.24) is 4.90 Å². The first kappa shape index (κ1) is 14.9. The topological polar surface area (TPSA) is 49.8 Å². The standard InChI is InChI=1S/C16H23NO3/c1-12(2)17-9-7-16(8-10-17,15(18)19)13-5-4-6-14(11-13)20-3/h4-6,11-12H,7-10H2,1-3H3,(H,18,19). The predicted octanol–water partition coefficient (Wildman–Crippen LogP) is 2.52. The maximum Gasteiger partial charge on any atom is 0.314 e. The number of carboxylic acids is 1. The molecule has 2 rings (SSSR count). The molecule has 0 bridgehead atoms. The molecule has 4 heteroatoms. The van der Waals surface area contributed by atoms with Crippen LogP contribution in [0.2, 0.25) is 0 Å². The molecule has 0 saturated carbocycles. The van der Waals surface area contributed by atoms with Crippen LogP contribution in [0.3, 0.4) is 0 Å². The Labute approximate surface area is 120 Å². The van der Waals surface area contributed by atoms with Gasteiger partial charge < -0.3 is 14.7 Å². The lowest BCUT2D eigenvalue weighted by Gasteiger charge is -2.41. The highest BCUT2D eigenvalue weighted by atomic mass is 16.5. The molecule has 0 atom stereocenters. The van der Waals surface area contributed by atoms with Crippen molar-refractivity contribution in [2.75, 3.05) is 20.2 Å². The van der Waals surface area contributed by atoms with E-state index in [1.54, 1.807) is 7.11 Å². The molecule has 1 saturated heterocycles. The highest BCUT2D eigenvalue weighted by Gasteiger charge is 2.43. The van der Waals surface area contributed by atoms with Crippen molar-refractivity contribution >= 4 is 5.97 Å². The SMILES string of the molecule is COc1cccc(C2(C(=O)O)CCN(C(C)C)CC2)c1. The van der Waals surface area contributed by atoms with Gasteiger partial charge in [0.1, 0.15) is 5.75 Å². The molecule has 0 amide bonds. The van der Waals surface area contributed by atoms with Crippen molar-refractivity contribution in [2.24, 2.45) is 0 Å². The second kappa shape index (κ2) is 5.83. The summed E-state index contributed by atoms with van der Waals surface area (Å²) < 4.78 is 5.23. The molecule has 1 N–H and O–H groups in total. The summed E-state index contributed by atoms with van der Waals surface area (Å²) in [7, 11) is 1.61. The van der Waals surface area contributed by atoms with Gasteiger partial charge in [-0.15, -0.1) is 0 Å². The average Bonchev–Trinajstić information content (AvgIpc) is 2.47. The minimum absolute atomic E-state index is 0.465. The molecule has 0 radical (unpaired) electrons. The number of carbonyl (C=O) groups is 1. The van der Waals surface area contributed by atoms with Gasteiger partial charge in [-0.2, -0.15) is 0 Å². The zero-order valence-corrected chi connectivity index (χ0v) is 12.4. The molecule has 110 valence electrons. The van der Waals surface area contributed by atoms with Crippen molar-refractivity contribution in [3.8, 4) is 5.75 Å². The fourth-order valence-electron chi connectivity index (χ4n) is 2.97. The number of carboxylic acid groups (broad SMARTS) is 1.